The van der Waals surface area contributed by atoms with Gasteiger partial charge < -0.3 is 20.4 Å². The van der Waals surface area contributed by atoms with E-state index in [-0.39, 0.29) is 29.9 Å². The molecule has 7 heteroatoms. The Balaban J connectivity index is 0.00000364. The number of benzene rings is 1. The van der Waals surface area contributed by atoms with E-state index >= 15 is 0 Å². The first-order valence-corrected chi connectivity index (χ1v) is 9.77. The van der Waals surface area contributed by atoms with Gasteiger partial charge in [0.1, 0.15) is 0 Å². The maximum atomic E-state index is 12.4. The number of halogens is 1. The molecule has 0 unspecified atom stereocenters. The van der Waals surface area contributed by atoms with E-state index in [1.807, 2.05) is 11.0 Å². The molecule has 0 aliphatic carbocycles. The third-order valence-electron chi connectivity index (χ3n) is 4.68. The summed E-state index contributed by atoms with van der Waals surface area (Å²) in [4.78, 5) is 20.9. The van der Waals surface area contributed by atoms with Crippen LogP contribution >= 0.6 is 24.0 Å². The van der Waals surface area contributed by atoms with Crippen LogP contribution < -0.4 is 15.5 Å². The molecule has 1 aromatic rings. The van der Waals surface area contributed by atoms with Gasteiger partial charge in [0.05, 0.1) is 0 Å². The van der Waals surface area contributed by atoms with Crippen LogP contribution in [0.5, 0.6) is 0 Å². The normalized spacial score (nSPS) is 14.5. The summed E-state index contributed by atoms with van der Waals surface area (Å²) in [5, 5.41) is 6.52. The van der Waals surface area contributed by atoms with Crippen molar-refractivity contribution in [3.05, 3.63) is 30.3 Å². The molecule has 0 aromatic heterocycles. The molecule has 2 rings (SSSR count). The number of hydrogen-bond acceptors (Lipinski definition) is 3. The van der Waals surface area contributed by atoms with Crippen LogP contribution in [0.1, 0.15) is 32.6 Å². The van der Waals surface area contributed by atoms with E-state index in [0.717, 1.165) is 45.1 Å². The average molecular weight is 487 g/mol. The highest BCUT2D eigenvalue weighted by Crippen LogP contribution is 2.15. The quantitative estimate of drug-likeness (QED) is 0.256. The fraction of sp³-hybridized carbons (Fsp3) is 0.600. The number of anilines is 1. The van der Waals surface area contributed by atoms with Gasteiger partial charge in [-0.25, -0.2) is 0 Å². The lowest BCUT2D eigenvalue weighted by Crippen LogP contribution is -2.49. The summed E-state index contributed by atoms with van der Waals surface area (Å²) < 4.78 is 0. The Hall–Kier alpha value is -1.51. The van der Waals surface area contributed by atoms with Gasteiger partial charge in [-0.05, 0) is 18.6 Å². The lowest BCUT2D eigenvalue weighted by molar-refractivity contribution is -0.131. The number of rotatable bonds is 8. The minimum absolute atomic E-state index is 0. The van der Waals surface area contributed by atoms with Gasteiger partial charge in [-0.3, -0.25) is 9.79 Å². The zero-order valence-electron chi connectivity index (χ0n) is 16.6. The molecule has 0 bridgehead atoms. The van der Waals surface area contributed by atoms with Gasteiger partial charge >= 0.3 is 0 Å². The third-order valence-corrected chi connectivity index (χ3v) is 4.68. The molecule has 2 N–H and O–H groups in total. The summed E-state index contributed by atoms with van der Waals surface area (Å²) in [6, 6.07) is 10.4. The van der Waals surface area contributed by atoms with Crippen LogP contribution in [-0.2, 0) is 4.79 Å². The number of guanidine groups is 1. The van der Waals surface area contributed by atoms with Gasteiger partial charge in [0.25, 0.3) is 0 Å². The highest BCUT2D eigenvalue weighted by molar-refractivity contribution is 14.0. The van der Waals surface area contributed by atoms with Crippen LogP contribution in [0.2, 0.25) is 0 Å². The van der Waals surface area contributed by atoms with Crippen LogP contribution in [0.25, 0.3) is 0 Å². The van der Waals surface area contributed by atoms with Gasteiger partial charge in [-0.1, -0.05) is 38.0 Å². The minimum Gasteiger partial charge on any atom is -0.368 e. The molecule has 1 aromatic carbocycles. The predicted molar refractivity (Wildman–Crippen MR) is 124 cm³/mol. The molecular formula is C20H34IN5O. The number of carbonyl (C=O) groups is 1. The molecular weight excluding hydrogens is 453 g/mol. The van der Waals surface area contributed by atoms with Crippen LogP contribution in [-0.4, -0.2) is 63.1 Å². The molecule has 1 saturated heterocycles. The van der Waals surface area contributed by atoms with E-state index in [1.165, 1.54) is 18.5 Å². The summed E-state index contributed by atoms with van der Waals surface area (Å²) in [5.74, 6) is 0.995. The fourth-order valence-corrected chi connectivity index (χ4v) is 3.10. The number of nitrogens with zero attached hydrogens (tertiary/aromatic N) is 3. The summed E-state index contributed by atoms with van der Waals surface area (Å²) in [7, 11) is 1.76. The number of hydrogen-bond donors (Lipinski definition) is 2. The molecule has 0 atom stereocenters. The third kappa shape index (κ3) is 8.36. The van der Waals surface area contributed by atoms with Crippen LogP contribution in [0.4, 0.5) is 5.69 Å². The smallest absolute Gasteiger partial charge is 0.224 e. The summed E-state index contributed by atoms with van der Waals surface area (Å²) >= 11 is 0. The number of para-hydroxylation sites is 1. The van der Waals surface area contributed by atoms with Crippen molar-refractivity contribution in [3.63, 3.8) is 0 Å². The van der Waals surface area contributed by atoms with Crippen LogP contribution in [0, 0.1) is 0 Å². The minimum atomic E-state index is 0. The highest BCUT2D eigenvalue weighted by atomic mass is 127. The molecule has 1 amide bonds. The topological polar surface area (TPSA) is 60.0 Å². The second-order valence-electron chi connectivity index (χ2n) is 6.59. The van der Waals surface area contributed by atoms with E-state index in [9.17, 15) is 4.79 Å². The number of unbranched alkanes of at least 4 members (excludes halogenated alkanes) is 2. The molecule has 0 spiro atoms. The van der Waals surface area contributed by atoms with E-state index in [0.29, 0.717) is 13.0 Å². The Morgan fingerprint density at radius 2 is 1.70 bits per heavy atom. The highest BCUT2D eigenvalue weighted by Gasteiger charge is 2.20. The van der Waals surface area contributed by atoms with Crippen LogP contribution in [0.15, 0.2) is 35.3 Å². The molecule has 1 heterocycles. The molecule has 6 nitrogen and oxygen atoms in total. The van der Waals surface area contributed by atoms with Crippen molar-refractivity contribution >= 4 is 41.5 Å². The van der Waals surface area contributed by atoms with E-state index in [2.05, 4.69) is 51.7 Å². The molecule has 27 heavy (non-hydrogen) atoms. The first-order valence-electron chi connectivity index (χ1n) is 9.77. The van der Waals surface area contributed by atoms with Gasteiger partial charge in [0.15, 0.2) is 5.96 Å². The predicted octanol–water partition coefficient (Wildman–Crippen LogP) is 2.70. The number of carbonyl (C=O) groups excluding carboxylic acids is 1. The van der Waals surface area contributed by atoms with Crippen molar-refractivity contribution in [2.45, 2.75) is 32.6 Å². The Morgan fingerprint density at radius 1 is 1.04 bits per heavy atom. The second kappa shape index (κ2) is 13.6. The maximum Gasteiger partial charge on any atom is 0.224 e. The fourth-order valence-electron chi connectivity index (χ4n) is 3.10. The van der Waals surface area contributed by atoms with Crippen LogP contribution in [0.3, 0.4) is 0 Å². The lowest BCUT2D eigenvalue weighted by atomic mass is 10.2. The zero-order valence-corrected chi connectivity index (χ0v) is 18.9. The van der Waals surface area contributed by atoms with Gasteiger partial charge in [0, 0.05) is 58.4 Å². The standard InChI is InChI=1S/C20H33N5O.HI/c1-3-4-8-12-22-20(21-2)23-13-11-19(26)25-16-14-24(15-17-25)18-9-6-5-7-10-18;/h5-7,9-10H,3-4,8,11-17H2,1-2H3,(H2,21,22,23);1H. The second-order valence-corrected chi connectivity index (χ2v) is 6.59. The summed E-state index contributed by atoms with van der Waals surface area (Å²) in [6.45, 7) is 7.09. The molecule has 1 aliphatic rings. The zero-order chi connectivity index (χ0) is 18.6. The number of aliphatic imine (C=N–C) groups is 1. The Kier molecular flexibility index (Phi) is 11.9. The monoisotopic (exact) mass is 487 g/mol. The maximum absolute atomic E-state index is 12.4. The van der Waals surface area contributed by atoms with Crippen molar-refractivity contribution in [3.8, 4) is 0 Å². The Morgan fingerprint density at radius 3 is 2.33 bits per heavy atom. The van der Waals surface area contributed by atoms with Gasteiger partial charge in [-0.2, -0.15) is 0 Å². The van der Waals surface area contributed by atoms with E-state index in [4.69, 9.17) is 0 Å². The Labute approximate surface area is 180 Å². The SMILES string of the molecule is CCCCCNC(=NC)NCCC(=O)N1CCN(c2ccccc2)CC1.I. The number of piperazine rings is 1. The van der Waals surface area contributed by atoms with Gasteiger partial charge in [-0.15, -0.1) is 24.0 Å². The molecule has 0 radical (unpaired) electrons. The molecule has 1 fully saturated rings. The van der Waals surface area contributed by atoms with Crippen molar-refractivity contribution in [2.75, 3.05) is 51.2 Å². The first kappa shape index (κ1) is 23.5. The first-order chi connectivity index (χ1) is 12.7. The Bertz CT molecular complexity index is 559. The number of nitrogens with one attached hydrogen (secondary N) is 2. The van der Waals surface area contributed by atoms with Crippen molar-refractivity contribution in [1.29, 1.82) is 0 Å². The largest absolute Gasteiger partial charge is 0.368 e. The summed E-state index contributed by atoms with van der Waals surface area (Å²) in [6.07, 6.45) is 4.07. The van der Waals surface area contributed by atoms with E-state index in [1.54, 1.807) is 7.05 Å². The van der Waals surface area contributed by atoms with Crippen molar-refractivity contribution < 1.29 is 4.79 Å². The summed E-state index contributed by atoms with van der Waals surface area (Å²) in [5.41, 5.74) is 1.24. The van der Waals surface area contributed by atoms with Gasteiger partial charge in [0.2, 0.25) is 5.91 Å². The van der Waals surface area contributed by atoms with Crippen molar-refractivity contribution in [1.82, 2.24) is 15.5 Å². The van der Waals surface area contributed by atoms with Crippen molar-refractivity contribution in [2.24, 2.45) is 4.99 Å². The van der Waals surface area contributed by atoms with E-state index < -0.39 is 0 Å². The number of amides is 1. The average Bonchev–Trinajstić information content (AvgIpc) is 2.70. The molecule has 0 saturated carbocycles. The molecule has 1 aliphatic heterocycles. The molecule has 152 valence electrons. The lowest BCUT2D eigenvalue weighted by Gasteiger charge is -2.36.